The van der Waals surface area contributed by atoms with Gasteiger partial charge in [-0.2, -0.15) is 0 Å². The Morgan fingerprint density at radius 1 is 1.43 bits per heavy atom. The molecule has 0 aliphatic heterocycles. The Bertz CT molecular complexity index is 521. The predicted octanol–water partition coefficient (Wildman–Crippen LogP) is 3.88. The molecule has 0 aliphatic carbocycles. The van der Waals surface area contributed by atoms with E-state index in [-0.39, 0.29) is 10.6 Å². The fourth-order valence-electron chi connectivity index (χ4n) is 1.37. The second-order valence-corrected chi connectivity index (χ2v) is 5.47. The lowest BCUT2D eigenvalue weighted by atomic mass is 10.1. The zero-order valence-corrected chi connectivity index (χ0v) is 9.68. The number of nitro benzene ring substituents is 1. The average molecular weight is 272 g/mol. The van der Waals surface area contributed by atoms with Crippen molar-refractivity contribution in [1.29, 1.82) is 0 Å². The maximum absolute atomic E-state index is 10.8. The summed E-state index contributed by atoms with van der Waals surface area (Å²) in [6, 6.07) is 5.34. The maximum Gasteiger partial charge on any atom is 0.278 e. The number of nitrogens with zero attached hydrogens (tertiary/aromatic N) is 1. The van der Waals surface area contributed by atoms with Crippen LogP contribution in [0.15, 0.2) is 22.0 Å². The van der Waals surface area contributed by atoms with E-state index in [9.17, 15) is 10.1 Å². The number of rotatable bonds is 1. The Labute approximate surface area is 92.6 Å². The molecule has 0 atom stereocenters. The molecule has 3 nitrogen and oxygen atoms in total. The summed E-state index contributed by atoms with van der Waals surface area (Å²) in [7, 11) is 0. The molecule has 1 aromatic carbocycles. The van der Waals surface area contributed by atoms with Gasteiger partial charge in [0.25, 0.3) is 5.69 Å². The molecule has 0 bridgehead atoms. The van der Waals surface area contributed by atoms with Crippen molar-refractivity contribution in [2.75, 3.05) is 0 Å². The third-order valence-electron chi connectivity index (χ3n) is 1.93. The highest BCUT2D eigenvalue weighted by molar-refractivity contribution is 9.11. The number of benzene rings is 1. The summed E-state index contributed by atoms with van der Waals surface area (Å²) in [5.41, 5.74) is 1.10. The third kappa shape index (κ3) is 1.53. The van der Waals surface area contributed by atoms with Crippen LogP contribution in [0.4, 0.5) is 5.69 Å². The Morgan fingerprint density at radius 3 is 2.79 bits per heavy atom. The van der Waals surface area contributed by atoms with E-state index >= 15 is 0 Å². The quantitative estimate of drug-likeness (QED) is 0.584. The van der Waals surface area contributed by atoms with Crippen LogP contribution in [0.2, 0.25) is 0 Å². The van der Waals surface area contributed by atoms with Crippen LogP contribution < -0.4 is 0 Å². The minimum Gasteiger partial charge on any atom is -0.258 e. The molecule has 5 heteroatoms. The molecule has 1 aromatic heterocycles. The van der Waals surface area contributed by atoms with Crippen LogP contribution in [0.1, 0.15) is 5.56 Å². The van der Waals surface area contributed by atoms with Crippen LogP contribution in [0.5, 0.6) is 0 Å². The molecular formula is C9H6BrNO2S. The average Bonchev–Trinajstić information content (AvgIpc) is 2.42. The van der Waals surface area contributed by atoms with Gasteiger partial charge in [0.15, 0.2) is 0 Å². The minimum atomic E-state index is -0.339. The fraction of sp³-hybridized carbons (Fsp3) is 0.111. The number of halogens is 1. The minimum absolute atomic E-state index is 0.182. The van der Waals surface area contributed by atoms with Crippen molar-refractivity contribution in [3.05, 3.63) is 37.7 Å². The van der Waals surface area contributed by atoms with Crippen LogP contribution in [-0.2, 0) is 0 Å². The summed E-state index contributed by atoms with van der Waals surface area (Å²) in [6.45, 7) is 1.86. The van der Waals surface area contributed by atoms with Gasteiger partial charge < -0.3 is 0 Å². The highest BCUT2D eigenvalue weighted by Gasteiger charge is 2.14. The molecule has 0 unspecified atom stereocenters. The van der Waals surface area contributed by atoms with Crippen LogP contribution in [0.25, 0.3) is 10.1 Å². The molecule has 0 amide bonds. The van der Waals surface area contributed by atoms with Gasteiger partial charge in [-0.15, -0.1) is 11.3 Å². The molecule has 0 N–H and O–H groups in total. The van der Waals surface area contributed by atoms with Crippen molar-refractivity contribution in [2.45, 2.75) is 6.92 Å². The van der Waals surface area contributed by atoms with Crippen molar-refractivity contribution in [3.8, 4) is 0 Å². The number of hydrogen-bond donors (Lipinski definition) is 0. The van der Waals surface area contributed by atoms with E-state index in [1.165, 1.54) is 11.3 Å². The predicted molar refractivity (Wildman–Crippen MR) is 60.9 cm³/mol. The molecule has 72 valence electrons. The van der Waals surface area contributed by atoms with Gasteiger partial charge in [0.05, 0.1) is 14.1 Å². The second-order valence-electron chi connectivity index (χ2n) is 3.00. The van der Waals surface area contributed by atoms with Crippen LogP contribution in [0.3, 0.4) is 0 Å². The summed E-state index contributed by atoms with van der Waals surface area (Å²) in [5, 5.41) is 11.5. The van der Waals surface area contributed by atoms with Gasteiger partial charge in [0, 0.05) is 10.8 Å². The zero-order valence-electron chi connectivity index (χ0n) is 7.28. The van der Waals surface area contributed by atoms with Gasteiger partial charge in [-0.1, -0.05) is 0 Å². The zero-order chi connectivity index (χ0) is 10.3. The Balaban J connectivity index is 2.85. The maximum atomic E-state index is 10.8. The summed E-state index contributed by atoms with van der Waals surface area (Å²) in [6.07, 6.45) is 0. The normalized spacial score (nSPS) is 10.7. The van der Waals surface area contributed by atoms with E-state index in [1.54, 1.807) is 12.1 Å². The summed E-state index contributed by atoms with van der Waals surface area (Å²) < 4.78 is 1.87. The number of nitro groups is 1. The van der Waals surface area contributed by atoms with E-state index in [0.717, 1.165) is 14.0 Å². The Hall–Kier alpha value is -0.940. The molecule has 0 spiro atoms. The first kappa shape index (κ1) is 9.61. The molecule has 0 fully saturated rings. The van der Waals surface area contributed by atoms with Crippen molar-refractivity contribution < 1.29 is 4.92 Å². The molecule has 0 aliphatic rings. The SMILES string of the molecule is Cc1cc([N+](=O)[O-])c2cc(Br)sc2c1. The summed E-state index contributed by atoms with van der Waals surface area (Å²) in [5.74, 6) is 0. The first-order valence-corrected chi connectivity index (χ1v) is 5.53. The Kier molecular flexibility index (Phi) is 2.28. The standard InChI is InChI=1S/C9H6BrNO2S/c1-5-2-7(11(12)13)6-4-9(10)14-8(6)3-5/h2-4H,1H3. The van der Waals surface area contributed by atoms with E-state index in [4.69, 9.17) is 0 Å². The fourth-order valence-corrected chi connectivity index (χ4v) is 3.03. The molecule has 0 saturated heterocycles. The van der Waals surface area contributed by atoms with Crippen molar-refractivity contribution >= 4 is 43.0 Å². The molecule has 2 rings (SSSR count). The van der Waals surface area contributed by atoms with E-state index < -0.39 is 0 Å². The molecule has 14 heavy (non-hydrogen) atoms. The first-order valence-electron chi connectivity index (χ1n) is 3.92. The summed E-state index contributed by atoms with van der Waals surface area (Å²) in [4.78, 5) is 10.4. The summed E-state index contributed by atoms with van der Waals surface area (Å²) >= 11 is 4.84. The Morgan fingerprint density at radius 2 is 2.14 bits per heavy atom. The van der Waals surface area contributed by atoms with Gasteiger partial charge in [0.1, 0.15) is 0 Å². The number of thiophene rings is 1. The van der Waals surface area contributed by atoms with Crippen LogP contribution >= 0.6 is 27.3 Å². The lowest BCUT2D eigenvalue weighted by molar-refractivity contribution is -0.383. The highest BCUT2D eigenvalue weighted by Crippen LogP contribution is 2.36. The molecule has 2 aromatic rings. The number of non-ortho nitro benzene ring substituents is 1. The van der Waals surface area contributed by atoms with E-state index in [2.05, 4.69) is 15.9 Å². The monoisotopic (exact) mass is 271 g/mol. The third-order valence-corrected chi connectivity index (χ3v) is 3.51. The van der Waals surface area contributed by atoms with Gasteiger partial charge in [-0.3, -0.25) is 10.1 Å². The van der Waals surface area contributed by atoms with Gasteiger partial charge in [-0.25, -0.2) is 0 Å². The topological polar surface area (TPSA) is 43.1 Å². The van der Waals surface area contributed by atoms with E-state index in [1.807, 2.05) is 13.0 Å². The molecule has 0 radical (unpaired) electrons. The number of hydrogen-bond acceptors (Lipinski definition) is 3. The smallest absolute Gasteiger partial charge is 0.258 e. The van der Waals surface area contributed by atoms with Gasteiger partial charge in [-0.05, 0) is 40.5 Å². The van der Waals surface area contributed by atoms with Gasteiger partial charge in [0.2, 0.25) is 0 Å². The van der Waals surface area contributed by atoms with Crippen LogP contribution in [-0.4, -0.2) is 4.92 Å². The van der Waals surface area contributed by atoms with Crippen LogP contribution in [0, 0.1) is 17.0 Å². The largest absolute Gasteiger partial charge is 0.278 e. The van der Waals surface area contributed by atoms with E-state index in [0.29, 0.717) is 5.39 Å². The second kappa shape index (κ2) is 3.33. The highest BCUT2D eigenvalue weighted by atomic mass is 79.9. The first-order chi connectivity index (χ1) is 6.58. The van der Waals surface area contributed by atoms with Crippen molar-refractivity contribution in [1.82, 2.24) is 0 Å². The lowest BCUT2D eigenvalue weighted by Crippen LogP contribution is -1.88. The molecule has 0 saturated carbocycles. The molecule has 1 heterocycles. The lowest BCUT2D eigenvalue weighted by Gasteiger charge is -1.95. The van der Waals surface area contributed by atoms with Crippen molar-refractivity contribution in [2.24, 2.45) is 0 Å². The number of fused-ring (bicyclic) bond motifs is 1. The van der Waals surface area contributed by atoms with Crippen molar-refractivity contribution in [3.63, 3.8) is 0 Å². The number of aryl methyl sites for hydroxylation is 1. The molecular weight excluding hydrogens is 266 g/mol. The van der Waals surface area contributed by atoms with Gasteiger partial charge >= 0.3 is 0 Å².